The molecule has 2 N–H and O–H groups in total. The summed E-state index contributed by atoms with van der Waals surface area (Å²) in [5.74, 6) is -5.92. The van der Waals surface area contributed by atoms with Crippen LogP contribution in [0.15, 0.2) is 42.7 Å². The van der Waals surface area contributed by atoms with Gasteiger partial charge in [0.15, 0.2) is 17.7 Å². The van der Waals surface area contributed by atoms with Gasteiger partial charge >= 0.3 is 12.1 Å². The van der Waals surface area contributed by atoms with E-state index in [9.17, 15) is 24.3 Å². The highest BCUT2D eigenvalue weighted by atomic mass is 19.1. The molecule has 4 heterocycles. The van der Waals surface area contributed by atoms with Gasteiger partial charge in [0.2, 0.25) is 0 Å². The third-order valence-electron chi connectivity index (χ3n) is 12.2. The largest absolute Gasteiger partial charge is 0.455 e. The summed E-state index contributed by atoms with van der Waals surface area (Å²) in [5.41, 5.74) is -5.47. The van der Waals surface area contributed by atoms with Crippen LogP contribution in [-0.4, -0.2) is 119 Å². The Kier molecular flexibility index (Phi) is 13.7. The van der Waals surface area contributed by atoms with Crippen molar-refractivity contribution in [1.29, 1.82) is 0 Å². The Hall–Kier alpha value is -3.82. The molecular weight excluding hydrogens is 737 g/mol. The van der Waals surface area contributed by atoms with E-state index in [0.717, 1.165) is 23.3 Å². The second-order valence-corrected chi connectivity index (χ2v) is 16.9. The van der Waals surface area contributed by atoms with Gasteiger partial charge in [-0.1, -0.05) is 70.5 Å². The molecular formula is C43H60FN3O10. The molecule has 57 heavy (non-hydrogen) atoms. The van der Waals surface area contributed by atoms with Crippen molar-refractivity contribution < 1.29 is 52.4 Å². The van der Waals surface area contributed by atoms with E-state index in [0.29, 0.717) is 12.8 Å². The number of nitrogens with zero attached hydrogens (tertiary/aromatic N) is 2. The number of Topliss-reactive ketones (excluding diaryl/α,β-unsaturated/α-hetero) is 2. The van der Waals surface area contributed by atoms with E-state index in [2.05, 4.69) is 10.3 Å². The number of alkyl halides is 1. The molecule has 13 nitrogen and oxygen atoms in total. The molecule has 3 aliphatic heterocycles. The minimum absolute atomic E-state index is 0.0400. The number of fused-ring (bicyclic) bond motifs is 2. The second-order valence-electron chi connectivity index (χ2n) is 16.9. The fraction of sp³-hybridized carbons (Fsp3) is 0.651. The molecule has 2 aromatic rings. The van der Waals surface area contributed by atoms with E-state index in [-0.39, 0.29) is 37.4 Å². The van der Waals surface area contributed by atoms with Crippen LogP contribution in [0.1, 0.15) is 86.6 Å². The quantitative estimate of drug-likeness (QED) is 0.239. The van der Waals surface area contributed by atoms with Crippen LogP contribution in [-0.2, 0) is 38.1 Å². The Morgan fingerprint density at radius 2 is 1.75 bits per heavy atom. The number of carbonyl (C=O) groups is 4. The number of esters is 1. The van der Waals surface area contributed by atoms with Gasteiger partial charge in [-0.15, -0.1) is 0 Å². The number of alkyl carbamates (subject to hydrolysis) is 1. The lowest BCUT2D eigenvalue weighted by atomic mass is 9.73. The fourth-order valence-corrected chi connectivity index (χ4v) is 8.94. The number of nitrogens with one attached hydrogen (secondary N) is 1. The number of aliphatic hydroxyl groups excluding tert-OH is 1. The average Bonchev–Trinajstić information content (AvgIpc) is 3.48. The maximum absolute atomic E-state index is 17.0. The van der Waals surface area contributed by atoms with Crippen molar-refractivity contribution in [3.8, 4) is 0 Å². The predicted octanol–water partition coefficient (Wildman–Crippen LogP) is 5.59. The zero-order valence-electron chi connectivity index (χ0n) is 34.8. The first-order valence-electron chi connectivity index (χ1n) is 20.0. The summed E-state index contributed by atoms with van der Waals surface area (Å²) in [5, 5.41) is 16.2. The van der Waals surface area contributed by atoms with Crippen molar-refractivity contribution >= 4 is 40.5 Å². The Labute approximate surface area is 335 Å². The topological polar surface area (TPSA) is 163 Å². The van der Waals surface area contributed by atoms with Crippen LogP contribution in [0.2, 0.25) is 0 Å². The van der Waals surface area contributed by atoms with Crippen molar-refractivity contribution in [1.82, 2.24) is 15.2 Å². The molecule has 1 aromatic carbocycles. The summed E-state index contributed by atoms with van der Waals surface area (Å²) in [7, 11) is 3.65. The molecule has 14 heteroatoms. The van der Waals surface area contributed by atoms with Gasteiger partial charge in [-0.3, -0.25) is 14.6 Å². The van der Waals surface area contributed by atoms with Crippen LogP contribution in [0.5, 0.6) is 0 Å². The number of amides is 1. The number of hydrogen-bond donors (Lipinski definition) is 2. The first kappa shape index (κ1) is 44.3. The number of benzene rings is 1. The maximum atomic E-state index is 17.0. The number of hydrogen-bond acceptors (Lipinski definition) is 12. The van der Waals surface area contributed by atoms with E-state index < -0.39 is 83.1 Å². The number of ether oxygens (including phenoxy) is 5. The van der Waals surface area contributed by atoms with Crippen molar-refractivity contribution in [3.63, 3.8) is 0 Å². The summed E-state index contributed by atoms with van der Waals surface area (Å²) in [6.07, 6.45) is 1.99. The average molecular weight is 798 g/mol. The maximum Gasteiger partial charge on any atom is 0.408 e. The predicted molar refractivity (Wildman–Crippen MR) is 211 cm³/mol. The summed E-state index contributed by atoms with van der Waals surface area (Å²) in [6, 6.07) is 6.45. The van der Waals surface area contributed by atoms with Crippen molar-refractivity contribution in [3.05, 3.63) is 48.3 Å². The summed E-state index contributed by atoms with van der Waals surface area (Å²) >= 11 is 0. The zero-order valence-corrected chi connectivity index (χ0v) is 34.8. The molecule has 314 valence electrons. The van der Waals surface area contributed by atoms with Crippen molar-refractivity contribution in [2.75, 3.05) is 20.7 Å². The molecule has 0 bridgehead atoms. The molecule has 13 atom stereocenters. The number of carbonyl (C=O) groups excluding carboxylic acids is 4. The van der Waals surface area contributed by atoms with Gasteiger partial charge in [-0.05, 0) is 66.4 Å². The first-order valence-corrected chi connectivity index (χ1v) is 20.0. The van der Waals surface area contributed by atoms with Gasteiger partial charge in [-0.25, -0.2) is 14.0 Å². The minimum atomic E-state index is -3.19. The van der Waals surface area contributed by atoms with Crippen LogP contribution < -0.4 is 5.32 Å². The number of likely N-dealkylation sites (N-methyl/N-ethyl adjacent to an activating group) is 1. The highest BCUT2D eigenvalue weighted by Gasteiger charge is 2.59. The van der Waals surface area contributed by atoms with Crippen molar-refractivity contribution in [2.24, 2.45) is 17.8 Å². The number of aromatic nitrogens is 1. The summed E-state index contributed by atoms with van der Waals surface area (Å²) < 4.78 is 48.0. The fourth-order valence-electron chi connectivity index (χ4n) is 8.94. The third-order valence-corrected chi connectivity index (χ3v) is 12.2. The number of ketones is 2. The van der Waals surface area contributed by atoms with Gasteiger partial charge in [0.05, 0.1) is 30.5 Å². The van der Waals surface area contributed by atoms with E-state index in [4.69, 9.17) is 23.7 Å². The third kappa shape index (κ3) is 9.10. The Morgan fingerprint density at radius 3 is 2.44 bits per heavy atom. The molecule has 1 aromatic heterocycles. The first-order chi connectivity index (χ1) is 26.7. The number of rotatable bonds is 9. The smallest absolute Gasteiger partial charge is 0.408 e. The molecule has 3 saturated heterocycles. The van der Waals surface area contributed by atoms with Crippen LogP contribution in [0, 0.1) is 17.8 Å². The van der Waals surface area contributed by atoms with Crippen molar-refractivity contribution in [2.45, 2.75) is 141 Å². The molecule has 0 saturated carbocycles. The number of pyridine rings is 1. The Morgan fingerprint density at radius 1 is 1.05 bits per heavy atom. The van der Waals surface area contributed by atoms with E-state index in [1.165, 1.54) is 6.92 Å². The lowest BCUT2D eigenvalue weighted by Crippen LogP contribution is -2.61. The van der Waals surface area contributed by atoms with Gasteiger partial charge < -0.3 is 39.0 Å². The van der Waals surface area contributed by atoms with Gasteiger partial charge in [0.25, 0.3) is 5.67 Å². The normalized spacial score (nSPS) is 38.5. The Bertz CT molecular complexity index is 1820. The monoisotopic (exact) mass is 797 g/mol. The number of aliphatic hydroxyl groups is 1. The highest BCUT2D eigenvalue weighted by molar-refractivity contribution is 6.08. The van der Waals surface area contributed by atoms with E-state index in [1.54, 1.807) is 46.2 Å². The standard InChI is InChI=1S/C43H60FN3O10/c1-11-15-32-43(8)35(46-40(52)57-43)26(4)33(48)24(2)21-41(6,53-19-14-17-29-23-45-22-28-16-12-13-18-30(28)29)37(27(5)36(50)42(7,44)39(51)55-32)56-38-34(49)31(47(9)10)20-25(3)54-38/h12-14,16-18,22-27,31-32,34-35,37-38,49H,11,15,19-21H2,1-10H3,(H,46,52)/b17-14+/t24-,25-,26+,27+,31+,32-,34-,35+,37-,38+,41-,42+,43-/m1/s1. The molecule has 5 rings (SSSR count). The van der Waals surface area contributed by atoms with Gasteiger partial charge in [0, 0.05) is 47.1 Å². The lowest BCUT2D eigenvalue weighted by Gasteiger charge is -2.47. The lowest BCUT2D eigenvalue weighted by molar-refractivity contribution is -0.297. The van der Waals surface area contributed by atoms with Crippen LogP contribution in [0.3, 0.4) is 0 Å². The molecule has 0 spiro atoms. The molecule has 0 unspecified atom stereocenters. The highest BCUT2D eigenvalue weighted by Crippen LogP contribution is 2.41. The SMILES string of the molecule is CCC[C@H]1OC(=O)[C@@](C)(F)C(=O)[C@H](C)[C@@H](O[C@@H]2O[C@H](C)C[C@H](N(C)C)[C@H]2O)[C@](C)(OC/C=C/c2cncc3ccccc23)C[C@@H](C)C(=O)[C@H](C)[C@@H]2NC(=O)O[C@]12C. The molecule has 3 fully saturated rings. The molecule has 0 radical (unpaired) electrons. The molecule has 0 aliphatic carbocycles. The summed E-state index contributed by atoms with van der Waals surface area (Å²) in [4.78, 5) is 61.8. The minimum Gasteiger partial charge on any atom is -0.455 e. The van der Waals surface area contributed by atoms with Gasteiger partial charge in [0.1, 0.15) is 18.0 Å². The van der Waals surface area contributed by atoms with Crippen LogP contribution in [0.25, 0.3) is 16.8 Å². The Balaban J connectivity index is 1.60. The molecule has 3 aliphatic rings. The van der Waals surface area contributed by atoms with E-state index >= 15 is 4.39 Å². The van der Waals surface area contributed by atoms with Crippen LogP contribution >= 0.6 is 0 Å². The second kappa shape index (κ2) is 17.6. The summed E-state index contributed by atoms with van der Waals surface area (Å²) in [6.45, 7) is 12.5. The van der Waals surface area contributed by atoms with E-state index in [1.807, 2.05) is 63.2 Å². The number of cyclic esters (lactones) is 1. The van der Waals surface area contributed by atoms with Crippen LogP contribution in [0.4, 0.5) is 9.18 Å². The molecule has 1 amide bonds. The number of halogens is 1. The van der Waals surface area contributed by atoms with Gasteiger partial charge in [-0.2, -0.15) is 0 Å². The zero-order chi connectivity index (χ0) is 42.0.